The topological polar surface area (TPSA) is 116 Å². The first-order valence-corrected chi connectivity index (χ1v) is 8.94. The molecule has 0 saturated carbocycles. The average Bonchev–Trinajstić information content (AvgIpc) is 3.28. The van der Waals surface area contributed by atoms with E-state index in [1.54, 1.807) is 18.3 Å². The van der Waals surface area contributed by atoms with Gasteiger partial charge in [0.1, 0.15) is 5.82 Å². The van der Waals surface area contributed by atoms with Crippen LogP contribution in [-0.4, -0.2) is 35.9 Å². The Balaban J connectivity index is 1.64. The van der Waals surface area contributed by atoms with Crippen molar-refractivity contribution in [2.24, 2.45) is 5.73 Å². The quantitative estimate of drug-likeness (QED) is 0.570. The van der Waals surface area contributed by atoms with Gasteiger partial charge >= 0.3 is 5.97 Å². The molecule has 0 radical (unpaired) electrons. The van der Waals surface area contributed by atoms with Crippen molar-refractivity contribution >= 4 is 23.5 Å². The highest BCUT2D eigenvalue weighted by atomic mass is 19.1. The minimum absolute atomic E-state index is 0.0246. The van der Waals surface area contributed by atoms with Gasteiger partial charge in [-0.15, -0.1) is 0 Å². The number of hydrogen-bond donors (Lipinski definition) is 1. The first-order chi connectivity index (χ1) is 14.4. The van der Waals surface area contributed by atoms with Crippen LogP contribution in [0.3, 0.4) is 0 Å². The number of amides is 2. The molecule has 1 aromatic heterocycles. The number of ether oxygens (including phenoxy) is 1. The van der Waals surface area contributed by atoms with Crippen molar-refractivity contribution in [1.82, 2.24) is 4.98 Å². The molecular formula is C21H18FN3O5. The molecule has 0 unspecified atom stereocenters. The van der Waals surface area contributed by atoms with E-state index >= 15 is 0 Å². The van der Waals surface area contributed by atoms with Crippen molar-refractivity contribution in [3.8, 4) is 11.3 Å². The van der Waals surface area contributed by atoms with Gasteiger partial charge in [-0.2, -0.15) is 0 Å². The van der Waals surface area contributed by atoms with Gasteiger partial charge in [0, 0.05) is 24.2 Å². The molecule has 0 aliphatic carbocycles. The molecule has 30 heavy (non-hydrogen) atoms. The third kappa shape index (κ3) is 5.28. The van der Waals surface area contributed by atoms with Crippen LogP contribution < -0.4 is 10.6 Å². The summed E-state index contributed by atoms with van der Waals surface area (Å²) in [7, 11) is 0. The third-order valence-electron chi connectivity index (χ3n) is 4.19. The SMILES string of the molecule is NC(=O)CCN(C(=O)COC(=O)c1ccc(-c2cnco2)cc1)c1ccc(F)cc1. The Kier molecular flexibility index (Phi) is 6.53. The number of hydrogen-bond acceptors (Lipinski definition) is 6. The second kappa shape index (κ2) is 9.46. The Morgan fingerprint density at radius 3 is 2.37 bits per heavy atom. The van der Waals surface area contributed by atoms with E-state index in [4.69, 9.17) is 14.9 Å². The zero-order chi connectivity index (χ0) is 21.5. The van der Waals surface area contributed by atoms with E-state index in [0.717, 1.165) is 5.56 Å². The maximum atomic E-state index is 13.2. The highest BCUT2D eigenvalue weighted by Crippen LogP contribution is 2.19. The number of carbonyl (C=O) groups is 3. The molecule has 9 heteroatoms. The fourth-order valence-electron chi connectivity index (χ4n) is 2.66. The molecule has 8 nitrogen and oxygen atoms in total. The van der Waals surface area contributed by atoms with Gasteiger partial charge in [0.15, 0.2) is 18.8 Å². The Hall–Kier alpha value is -4.01. The van der Waals surface area contributed by atoms with E-state index < -0.39 is 30.2 Å². The molecule has 0 aliphatic rings. The molecule has 0 fully saturated rings. The van der Waals surface area contributed by atoms with Crippen LogP contribution in [0.25, 0.3) is 11.3 Å². The summed E-state index contributed by atoms with van der Waals surface area (Å²) in [6, 6.07) is 11.5. The second-order valence-corrected chi connectivity index (χ2v) is 6.26. The minimum Gasteiger partial charge on any atom is -0.452 e. The van der Waals surface area contributed by atoms with Crippen molar-refractivity contribution in [3.63, 3.8) is 0 Å². The summed E-state index contributed by atoms with van der Waals surface area (Å²) in [5, 5.41) is 0. The second-order valence-electron chi connectivity index (χ2n) is 6.26. The van der Waals surface area contributed by atoms with Crippen LogP contribution in [-0.2, 0) is 14.3 Å². The van der Waals surface area contributed by atoms with E-state index in [1.807, 2.05) is 0 Å². The summed E-state index contributed by atoms with van der Waals surface area (Å²) < 4.78 is 23.4. The number of nitrogens with zero attached hydrogens (tertiary/aromatic N) is 2. The largest absolute Gasteiger partial charge is 0.452 e. The molecule has 0 aliphatic heterocycles. The lowest BCUT2D eigenvalue weighted by molar-refractivity contribution is -0.121. The van der Waals surface area contributed by atoms with Gasteiger partial charge in [-0.3, -0.25) is 9.59 Å². The molecule has 0 saturated heterocycles. The van der Waals surface area contributed by atoms with Gasteiger partial charge in [0.25, 0.3) is 5.91 Å². The van der Waals surface area contributed by atoms with Gasteiger partial charge in [0.05, 0.1) is 11.8 Å². The number of carbonyl (C=O) groups excluding carboxylic acids is 3. The Labute approximate surface area is 171 Å². The van der Waals surface area contributed by atoms with Crippen LogP contribution >= 0.6 is 0 Å². The van der Waals surface area contributed by atoms with Crippen LogP contribution in [0.5, 0.6) is 0 Å². The molecule has 3 aromatic rings. The molecule has 1 heterocycles. The van der Waals surface area contributed by atoms with E-state index in [9.17, 15) is 18.8 Å². The number of aromatic nitrogens is 1. The number of benzene rings is 2. The third-order valence-corrected chi connectivity index (χ3v) is 4.19. The summed E-state index contributed by atoms with van der Waals surface area (Å²) in [5.74, 6) is -1.79. The van der Waals surface area contributed by atoms with Crippen LogP contribution in [0.4, 0.5) is 10.1 Å². The van der Waals surface area contributed by atoms with Gasteiger partial charge in [-0.05, 0) is 36.4 Å². The Morgan fingerprint density at radius 2 is 1.77 bits per heavy atom. The van der Waals surface area contributed by atoms with Gasteiger partial charge in [-0.25, -0.2) is 14.2 Å². The van der Waals surface area contributed by atoms with Crippen molar-refractivity contribution in [1.29, 1.82) is 0 Å². The molecular weight excluding hydrogens is 393 g/mol. The van der Waals surface area contributed by atoms with Crippen molar-refractivity contribution in [2.75, 3.05) is 18.1 Å². The molecule has 0 atom stereocenters. The number of halogens is 1. The Bertz CT molecular complexity index is 1020. The molecule has 2 aromatic carbocycles. The number of nitrogens with two attached hydrogens (primary N) is 1. The van der Waals surface area contributed by atoms with Gasteiger partial charge < -0.3 is 19.8 Å². The fourth-order valence-corrected chi connectivity index (χ4v) is 2.66. The zero-order valence-electron chi connectivity index (χ0n) is 15.8. The number of anilines is 1. The van der Waals surface area contributed by atoms with Crippen molar-refractivity contribution < 1.29 is 27.9 Å². The molecule has 3 rings (SSSR count). The summed E-state index contributed by atoms with van der Waals surface area (Å²) in [6.45, 7) is -0.581. The highest BCUT2D eigenvalue weighted by Gasteiger charge is 2.19. The maximum Gasteiger partial charge on any atom is 0.338 e. The van der Waals surface area contributed by atoms with Gasteiger partial charge in [-0.1, -0.05) is 12.1 Å². The van der Waals surface area contributed by atoms with Crippen LogP contribution in [0.15, 0.2) is 65.5 Å². The average molecular weight is 411 g/mol. The predicted molar refractivity (Wildman–Crippen MR) is 105 cm³/mol. The molecule has 0 bridgehead atoms. The van der Waals surface area contributed by atoms with Crippen molar-refractivity contribution in [3.05, 3.63) is 72.5 Å². The highest BCUT2D eigenvalue weighted by molar-refractivity contribution is 5.97. The van der Waals surface area contributed by atoms with E-state index in [-0.39, 0.29) is 18.5 Å². The predicted octanol–water partition coefficient (Wildman–Crippen LogP) is 2.55. The molecule has 2 N–H and O–H groups in total. The van der Waals surface area contributed by atoms with E-state index in [2.05, 4.69) is 4.98 Å². The zero-order valence-corrected chi connectivity index (χ0v) is 15.8. The summed E-state index contributed by atoms with van der Waals surface area (Å²) in [4.78, 5) is 41.0. The smallest absolute Gasteiger partial charge is 0.338 e. The number of esters is 1. The first-order valence-electron chi connectivity index (χ1n) is 8.94. The summed E-state index contributed by atoms with van der Waals surface area (Å²) in [6.07, 6.45) is 2.75. The van der Waals surface area contributed by atoms with Crippen molar-refractivity contribution in [2.45, 2.75) is 6.42 Å². The van der Waals surface area contributed by atoms with Gasteiger partial charge in [0.2, 0.25) is 5.91 Å². The lowest BCUT2D eigenvalue weighted by atomic mass is 10.1. The van der Waals surface area contributed by atoms with Crippen LogP contribution in [0, 0.1) is 5.82 Å². The number of primary amides is 1. The molecule has 154 valence electrons. The molecule has 2 amide bonds. The lowest BCUT2D eigenvalue weighted by Crippen LogP contribution is -2.37. The lowest BCUT2D eigenvalue weighted by Gasteiger charge is -2.22. The maximum absolute atomic E-state index is 13.2. The number of oxazole rings is 1. The number of rotatable bonds is 8. The first kappa shape index (κ1) is 20.7. The standard InChI is InChI=1S/C21H18FN3O5/c22-16-5-7-17(8-6-16)25(10-9-19(23)26)20(27)12-29-21(28)15-3-1-14(2-4-15)18-11-24-13-30-18/h1-8,11,13H,9-10,12H2,(H2,23,26). The van der Waals surface area contributed by atoms with Crippen LogP contribution in [0.1, 0.15) is 16.8 Å². The summed E-state index contributed by atoms with van der Waals surface area (Å²) >= 11 is 0. The summed E-state index contributed by atoms with van der Waals surface area (Å²) in [5.41, 5.74) is 6.49. The van der Waals surface area contributed by atoms with Crippen LogP contribution in [0.2, 0.25) is 0 Å². The Morgan fingerprint density at radius 1 is 1.07 bits per heavy atom. The van der Waals surface area contributed by atoms with E-state index in [1.165, 1.54) is 47.7 Å². The molecule has 0 spiro atoms. The minimum atomic E-state index is -0.693. The van der Waals surface area contributed by atoms with E-state index in [0.29, 0.717) is 11.4 Å². The fraction of sp³-hybridized carbons (Fsp3) is 0.143. The monoisotopic (exact) mass is 411 g/mol. The normalized spacial score (nSPS) is 10.4.